The van der Waals surface area contributed by atoms with Gasteiger partial charge in [0.25, 0.3) is 0 Å². The zero-order valence-corrected chi connectivity index (χ0v) is 9.70. The van der Waals surface area contributed by atoms with Crippen LogP contribution in [0, 0.1) is 10.1 Å². The van der Waals surface area contributed by atoms with Gasteiger partial charge in [-0.3, -0.25) is 10.1 Å². The first-order valence-corrected chi connectivity index (χ1v) is 5.26. The summed E-state index contributed by atoms with van der Waals surface area (Å²) in [4.78, 5) is 13.8. The minimum atomic E-state index is -4.25. The number of anilines is 2. The van der Waals surface area contributed by atoms with Gasteiger partial charge in [-0.1, -0.05) is 0 Å². The van der Waals surface area contributed by atoms with Crippen molar-refractivity contribution in [2.24, 2.45) is 5.84 Å². The average Bonchev–Trinajstić information content (AvgIpc) is 2.33. The van der Waals surface area contributed by atoms with Crippen LogP contribution < -0.4 is 16.6 Å². The van der Waals surface area contributed by atoms with Crippen LogP contribution in [0.1, 0.15) is 12.8 Å². The number of hydrazine groups is 1. The number of halogens is 3. The maximum atomic E-state index is 11.9. The first kappa shape index (κ1) is 15.0. The molecule has 10 heteroatoms. The lowest BCUT2D eigenvalue weighted by atomic mass is 10.3. The topological polar surface area (TPSA) is 106 Å². The predicted octanol–water partition coefficient (Wildman–Crippen LogP) is 2.03. The third kappa shape index (κ3) is 4.95. The van der Waals surface area contributed by atoms with Gasteiger partial charge in [-0.15, -0.1) is 0 Å². The average molecular weight is 279 g/mol. The lowest BCUT2D eigenvalue weighted by Gasteiger charge is -2.09. The maximum Gasteiger partial charge on any atom is 0.389 e. The van der Waals surface area contributed by atoms with Crippen LogP contribution in [0.25, 0.3) is 0 Å². The molecule has 19 heavy (non-hydrogen) atoms. The van der Waals surface area contributed by atoms with Crippen molar-refractivity contribution in [2.75, 3.05) is 17.3 Å². The van der Waals surface area contributed by atoms with Crippen LogP contribution in [0.5, 0.6) is 0 Å². The summed E-state index contributed by atoms with van der Waals surface area (Å²) in [6, 6.07) is 2.45. The van der Waals surface area contributed by atoms with Gasteiger partial charge in [0.1, 0.15) is 5.82 Å². The summed E-state index contributed by atoms with van der Waals surface area (Å²) in [5, 5.41) is 13.2. The van der Waals surface area contributed by atoms with Crippen molar-refractivity contribution in [1.82, 2.24) is 4.98 Å². The van der Waals surface area contributed by atoms with Crippen LogP contribution in [-0.2, 0) is 0 Å². The molecule has 0 fully saturated rings. The highest BCUT2D eigenvalue weighted by atomic mass is 19.4. The number of hydrogen-bond acceptors (Lipinski definition) is 6. The number of aromatic nitrogens is 1. The fourth-order valence-electron chi connectivity index (χ4n) is 1.31. The van der Waals surface area contributed by atoms with E-state index in [-0.39, 0.29) is 30.3 Å². The molecule has 1 aromatic heterocycles. The van der Waals surface area contributed by atoms with E-state index in [1.165, 1.54) is 6.07 Å². The van der Waals surface area contributed by atoms with Gasteiger partial charge in [0.15, 0.2) is 0 Å². The molecule has 0 radical (unpaired) electrons. The van der Waals surface area contributed by atoms with Crippen molar-refractivity contribution >= 4 is 17.3 Å². The molecule has 1 rings (SSSR count). The van der Waals surface area contributed by atoms with E-state index < -0.39 is 17.5 Å². The fraction of sp³-hybridized carbons (Fsp3) is 0.444. The van der Waals surface area contributed by atoms with Crippen molar-refractivity contribution in [3.8, 4) is 0 Å². The Morgan fingerprint density at radius 1 is 1.42 bits per heavy atom. The number of rotatable bonds is 6. The van der Waals surface area contributed by atoms with E-state index in [9.17, 15) is 23.3 Å². The highest BCUT2D eigenvalue weighted by molar-refractivity contribution is 5.59. The van der Waals surface area contributed by atoms with Crippen molar-refractivity contribution in [3.63, 3.8) is 0 Å². The summed E-state index contributed by atoms with van der Waals surface area (Å²) in [6.45, 7) is -0.0820. The van der Waals surface area contributed by atoms with Gasteiger partial charge in [0.05, 0.1) is 4.92 Å². The molecule has 0 aliphatic heterocycles. The molecule has 0 amide bonds. The second-order valence-corrected chi connectivity index (χ2v) is 3.61. The Hall–Kier alpha value is -2.10. The Kier molecular flexibility index (Phi) is 4.87. The SMILES string of the molecule is NNc1ccc([N+](=O)[O-])c(NCCCC(F)(F)F)n1. The van der Waals surface area contributed by atoms with E-state index in [1.807, 2.05) is 0 Å². The van der Waals surface area contributed by atoms with Crippen LogP contribution in [0.3, 0.4) is 0 Å². The summed E-state index contributed by atoms with van der Waals surface area (Å²) in [7, 11) is 0. The van der Waals surface area contributed by atoms with Crippen LogP contribution in [0.2, 0.25) is 0 Å². The molecule has 106 valence electrons. The Labute approximate surface area is 106 Å². The molecule has 0 spiro atoms. The number of hydrogen-bond donors (Lipinski definition) is 3. The van der Waals surface area contributed by atoms with E-state index in [2.05, 4.69) is 15.7 Å². The lowest BCUT2D eigenvalue weighted by Crippen LogP contribution is -2.14. The molecular weight excluding hydrogens is 267 g/mol. The molecule has 4 N–H and O–H groups in total. The predicted molar refractivity (Wildman–Crippen MR) is 62.5 cm³/mol. The van der Waals surface area contributed by atoms with Gasteiger partial charge in [0.2, 0.25) is 5.82 Å². The number of nitrogens with two attached hydrogens (primary N) is 1. The third-order valence-electron chi connectivity index (χ3n) is 2.15. The van der Waals surface area contributed by atoms with E-state index in [4.69, 9.17) is 5.84 Å². The van der Waals surface area contributed by atoms with Gasteiger partial charge < -0.3 is 10.7 Å². The van der Waals surface area contributed by atoms with E-state index in [0.29, 0.717) is 0 Å². The molecule has 0 saturated carbocycles. The van der Waals surface area contributed by atoms with Gasteiger partial charge in [-0.05, 0) is 12.5 Å². The number of nitrogens with one attached hydrogen (secondary N) is 2. The Bertz CT molecular complexity index is 452. The molecule has 0 aromatic carbocycles. The summed E-state index contributed by atoms with van der Waals surface area (Å²) < 4.78 is 35.8. The van der Waals surface area contributed by atoms with Gasteiger partial charge in [-0.25, -0.2) is 10.8 Å². The molecule has 0 atom stereocenters. The van der Waals surface area contributed by atoms with Crippen molar-refractivity contribution in [2.45, 2.75) is 19.0 Å². The van der Waals surface area contributed by atoms with Crippen LogP contribution in [0.4, 0.5) is 30.5 Å². The maximum absolute atomic E-state index is 11.9. The molecule has 1 aromatic rings. The highest BCUT2D eigenvalue weighted by Gasteiger charge is 2.26. The van der Waals surface area contributed by atoms with Gasteiger partial charge in [-0.2, -0.15) is 13.2 Å². The first-order valence-electron chi connectivity index (χ1n) is 5.26. The largest absolute Gasteiger partial charge is 0.389 e. The molecule has 7 nitrogen and oxygen atoms in total. The number of nitrogens with zero attached hydrogens (tertiary/aromatic N) is 2. The summed E-state index contributed by atoms with van der Waals surface area (Å²) >= 11 is 0. The van der Waals surface area contributed by atoms with E-state index in [1.54, 1.807) is 0 Å². The summed E-state index contributed by atoms with van der Waals surface area (Å²) in [5.74, 6) is 5.15. The van der Waals surface area contributed by atoms with Crippen molar-refractivity contribution < 1.29 is 18.1 Å². The van der Waals surface area contributed by atoms with Gasteiger partial charge in [0, 0.05) is 19.0 Å². The minimum Gasteiger partial charge on any atom is -0.364 e. The molecule has 0 unspecified atom stereocenters. The number of alkyl halides is 3. The molecule has 0 saturated heterocycles. The number of nitro groups is 1. The van der Waals surface area contributed by atoms with Crippen LogP contribution in [0.15, 0.2) is 12.1 Å². The number of nitrogen functional groups attached to an aromatic ring is 1. The molecule has 0 aliphatic carbocycles. The fourth-order valence-corrected chi connectivity index (χ4v) is 1.31. The zero-order chi connectivity index (χ0) is 14.5. The quantitative estimate of drug-likeness (QED) is 0.318. The molecule has 0 bridgehead atoms. The van der Waals surface area contributed by atoms with Gasteiger partial charge >= 0.3 is 11.9 Å². The normalized spacial score (nSPS) is 11.2. The highest BCUT2D eigenvalue weighted by Crippen LogP contribution is 2.25. The molecule has 1 heterocycles. The Balaban J connectivity index is 2.67. The second-order valence-electron chi connectivity index (χ2n) is 3.61. The standard InChI is InChI=1S/C9H12F3N5O2/c10-9(11,12)4-1-5-14-8-6(17(18)19)2-3-7(15-8)16-13/h2-3H,1,4-5,13H2,(H2,14,15,16). The zero-order valence-electron chi connectivity index (χ0n) is 9.70. The smallest absolute Gasteiger partial charge is 0.364 e. The monoisotopic (exact) mass is 279 g/mol. The molecular formula is C9H12F3N5O2. The summed E-state index contributed by atoms with van der Waals surface area (Å²) in [6.07, 6.45) is -5.42. The first-order chi connectivity index (χ1) is 8.83. The summed E-state index contributed by atoms with van der Waals surface area (Å²) in [5.41, 5.74) is 1.87. The van der Waals surface area contributed by atoms with Crippen LogP contribution >= 0.6 is 0 Å². The van der Waals surface area contributed by atoms with Crippen molar-refractivity contribution in [3.05, 3.63) is 22.2 Å². The van der Waals surface area contributed by atoms with Crippen LogP contribution in [-0.4, -0.2) is 22.6 Å². The third-order valence-corrected chi connectivity index (χ3v) is 2.15. The van der Waals surface area contributed by atoms with E-state index in [0.717, 1.165) is 6.07 Å². The Morgan fingerprint density at radius 3 is 2.63 bits per heavy atom. The van der Waals surface area contributed by atoms with Crippen molar-refractivity contribution in [1.29, 1.82) is 0 Å². The Morgan fingerprint density at radius 2 is 2.11 bits per heavy atom. The number of pyridine rings is 1. The molecule has 0 aliphatic rings. The van der Waals surface area contributed by atoms with E-state index >= 15 is 0 Å². The second kappa shape index (κ2) is 6.18. The minimum absolute atomic E-state index is 0.0820. The lowest BCUT2D eigenvalue weighted by molar-refractivity contribution is -0.384.